The maximum atomic E-state index is 13.0. The number of aromatic amines is 1. The van der Waals surface area contributed by atoms with E-state index in [1.165, 1.54) is 6.33 Å². The zero-order chi connectivity index (χ0) is 8.72. The Morgan fingerprint density at radius 3 is 3.00 bits per heavy atom. The molecule has 2 heterocycles. The predicted octanol–water partition coefficient (Wildman–Crippen LogP) is -0.858. The van der Waals surface area contributed by atoms with E-state index in [-0.39, 0.29) is 22.2 Å². The number of aromatic nitrogens is 4. The van der Waals surface area contributed by atoms with Crippen molar-refractivity contribution in [2.45, 2.75) is 0 Å². The summed E-state index contributed by atoms with van der Waals surface area (Å²) in [4.78, 5) is 10.0. The summed E-state index contributed by atoms with van der Waals surface area (Å²) in [6.07, 6.45) is 1.32. The van der Waals surface area contributed by atoms with Crippen LogP contribution in [-0.4, -0.2) is 15.0 Å². The quantitative estimate of drug-likeness (QED) is 0.478. The molecule has 6 nitrogen and oxygen atoms in total. The molecule has 5 N–H and O–H groups in total. The standard InChI is InChI=1S/C5H5FN6/c6-12-4-2(9-1-10-4)3(7)11-5(12)8/h1H,(H4,7,8,9,10,11)/p+1. The first-order valence-electron chi connectivity index (χ1n) is 3.16. The van der Waals surface area contributed by atoms with Gasteiger partial charge in [0.1, 0.15) is 0 Å². The van der Waals surface area contributed by atoms with Crippen LogP contribution in [0.4, 0.5) is 16.2 Å². The van der Waals surface area contributed by atoms with Crippen molar-refractivity contribution in [2.24, 2.45) is 0 Å². The van der Waals surface area contributed by atoms with E-state index in [0.29, 0.717) is 5.52 Å². The Hall–Kier alpha value is -1.92. The first-order valence-corrected chi connectivity index (χ1v) is 3.16. The van der Waals surface area contributed by atoms with Gasteiger partial charge >= 0.3 is 5.95 Å². The number of hydrogen-bond donors (Lipinski definition) is 3. The van der Waals surface area contributed by atoms with Crippen molar-refractivity contribution in [3.63, 3.8) is 0 Å². The predicted molar refractivity (Wildman–Crippen MR) is 39.4 cm³/mol. The fourth-order valence-electron chi connectivity index (χ4n) is 0.956. The number of fused-ring (bicyclic) bond motifs is 1. The molecule has 2 aromatic rings. The van der Waals surface area contributed by atoms with Gasteiger partial charge in [0.15, 0.2) is 11.8 Å². The van der Waals surface area contributed by atoms with Crippen LogP contribution in [0.2, 0.25) is 0 Å². The van der Waals surface area contributed by atoms with Crippen LogP contribution < -0.4 is 16.3 Å². The minimum absolute atomic E-state index is 0.0417. The van der Waals surface area contributed by atoms with E-state index in [4.69, 9.17) is 11.5 Å². The second kappa shape index (κ2) is 2.03. The van der Waals surface area contributed by atoms with Gasteiger partial charge in [-0.3, -0.25) is 0 Å². The summed E-state index contributed by atoms with van der Waals surface area (Å²) in [5.74, 6) is -0.180. The minimum Gasteiger partial charge on any atom is -0.371 e. The van der Waals surface area contributed by atoms with Gasteiger partial charge in [-0.25, -0.2) is 0 Å². The molecule has 0 aromatic carbocycles. The normalized spacial score (nSPS) is 10.8. The molecular formula is C5H6FN6+. The topological polar surface area (TPSA) is 97.5 Å². The number of hydrogen-bond acceptors (Lipinski definition) is 4. The lowest BCUT2D eigenvalue weighted by atomic mass is 10.5. The molecule has 0 atom stereocenters. The number of anilines is 2. The molecule has 0 fully saturated rings. The monoisotopic (exact) mass is 169 g/mol. The summed E-state index contributed by atoms with van der Waals surface area (Å²) >= 11 is 0. The molecule has 0 aliphatic heterocycles. The van der Waals surface area contributed by atoms with E-state index in [9.17, 15) is 4.48 Å². The summed E-state index contributed by atoms with van der Waals surface area (Å²) in [5.41, 5.74) is 11.0. The Kier molecular flexibility index (Phi) is 1.15. The van der Waals surface area contributed by atoms with Crippen LogP contribution in [0.25, 0.3) is 11.2 Å². The molecule has 0 saturated carbocycles. The molecule has 0 radical (unpaired) electrons. The van der Waals surface area contributed by atoms with Gasteiger partial charge in [-0.05, 0) is 9.27 Å². The van der Waals surface area contributed by atoms with Crippen molar-refractivity contribution in [1.82, 2.24) is 15.0 Å². The van der Waals surface area contributed by atoms with Gasteiger partial charge in [0, 0.05) is 0 Å². The molecule has 2 aromatic heterocycles. The highest BCUT2D eigenvalue weighted by Crippen LogP contribution is 2.11. The van der Waals surface area contributed by atoms with E-state index in [1.54, 1.807) is 0 Å². The zero-order valence-corrected chi connectivity index (χ0v) is 5.95. The Bertz CT molecular complexity index is 435. The van der Waals surface area contributed by atoms with Crippen molar-refractivity contribution < 1.29 is 9.27 Å². The van der Waals surface area contributed by atoms with Crippen LogP contribution in [0.5, 0.6) is 0 Å². The Balaban J connectivity index is 2.97. The van der Waals surface area contributed by atoms with Crippen LogP contribution in [0.15, 0.2) is 6.33 Å². The number of rotatable bonds is 0. The lowest BCUT2D eigenvalue weighted by Gasteiger charge is -1.92. The zero-order valence-electron chi connectivity index (χ0n) is 5.95. The molecule has 0 amide bonds. The van der Waals surface area contributed by atoms with Crippen LogP contribution in [0, 0.1) is 0 Å². The summed E-state index contributed by atoms with van der Waals surface area (Å²) in [5, 5.41) is 0. The number of nitrogens with two attached hydrogens (primary N) is 2. The largest absolute Gasteiger partial charge is 0.379 e. The summed E-state index contributed by atoms with van der Waals surface area (Å²) in [6, 6.07) is 0. The van der Waals surface area contributed by atoms with Gasteiger partial charge in [0.25, 0.3) is 5.65 Å². The highest BCUT2D eigenvalue weighted by Gasteiger charge is 2.17. The molecule has 2 rings (SSSR count). The average molecular weight is 169 g/mol. The number of imidazole rings is 1. The molecule has 0 aliphatic carbocycles. The van der Waals surface area contributed by atoms with E-state index >= 15 is 0 Å². The SMILES string of the molecule is Nc1nc(N)[n+](F)c2nc[nH]c12. The minimum atomic E-state index is -0.313. The average Bonchev–Trinajstić information content (AvgIpc) is 2.48. The Morgan fingerprint density at radius 2 is 2.25 bits per heavy atom. The number of nitrogen functional groups attached to an aromatic ring is 2. The van der Waals surface area contributed by atoms with Crippen LogP contribution in [0.1, 0.15) is 0 Å². The van der Waals surface area contributed by atoms with Crippen molar-refractivity contribution in [1.29, 1.82) is 0 Å². The van der Waals surface area contributed by atoms with Gasteiger partial charge in [-0.2, -0.15) is 0 Å². The van der Waals surface area contributed by atoms with Crippen molar-refractivity contribution in [3.05, 3.63) is 6.33 Å². The third-order valence-electron chi connectivity index (χ3n) is 1.50. The lowest BCUT2D eigenvalue weighted by molar-refractivity contribution is -0.812. The number of halogens is 1. The maximum absolute atomic E-state index is 13.0. The fraction of sp³-hybridized carbons (Fsp3) is 0. The van der Waals surface area contributed by atoms with E-state index < -0.39 is 0 Å². The van der Waals surface area contributed by atoms with Crippen LogP contribution in [-0.2, 0) is 0 Å². The van der Waals surface area contributed by atoms with Crippen molar-refractivity contribution in [2.75, 3.05) is 11.5 Å². The van der Waals surface area contributed by atoms with Gasteiger partial charge in [-0.15, -0.1) is 4.98 Å². The van der Waals surface area contributed by atoms with Crippen LogP contribution in [0.3, 0.4) is 0 Å². The van der Waals surface area contributed by atoms with Gasteiger partial charge in [0.05, 0.1) is 0 Å². The second-order valence-electron chi connectivity index (χ2n) is 2.24. The van der Waals surface area contributed by atoms with E-state index in [2.05, 4.69) is 15.0 Å². The Labute approximate surface area is 66.0 Å². The number of nitrogens with one attached hydrogen (secondary N) is 1. The highest BCUT2D eigenvalue weighted by molar-refractivity contribution is 5.78. The molecule has 7 heteroatoms. The second-order valence-corrected chi connectivity index (χ2v) is 2.24. The fourth-order valence-corrected chi connectivity index (χ4v) is 0.956. The summed E-state index contributed by atoms with van der Waals surface area (Å²) < 4.78 is 13.0. The first-order chi connectivity index (χ1) is 5.70. The smallest absolute Gasteiger partial charge is 0.371 e. The van der Waals surface area contributed by atoms with Crippen LogP contribution >= 0.6 is 0 Å². The van der Waals surface area contributed by atoms with Crippen molar-refractivity contribution >= 4 is 22.9 Å². The highest BCUT2D eigenvalue weighted by atomic mass is 19.2. The summed E-state index contributed by atoms with van der Waals surface area (Å²) in [7, 11) is 0. The van der Waals surface area contributed by atoms with Gasteiger partial charge in [0.2, 0.25) is 5.82 Å². The molecule has 0 saturated heterocycles. The number of H-pyrrole nitrogens is 1. The van der Waals surface area contributed by atoms with Crippen molar-refractivity contribution in [3.8, 4) is 0 Å². The molecular weight excluding hydrogens is 163 g/mol. The maximum Gasteiger partial charge on any atom is 0.379 e. The molecule has 62 valence electrons. The molecule has 0 unspecified atom stereocenters. The lowest BCUT2D eigenvalue weighted by Crippen LogP contribution is -2.30. The molecule has 0 bridgehead atoms. The third-order valence-corrected chi connectivity index (χ3v) is 1.50. The summed E-state index contributed by atoms with van der Waals surface area (Å²) in [6.45, 7) is 0. The molecule has 0 aliphatic rings. The van der Waals surface area contributed by atoms with E-state index in [0.717, 1.165) is 0 Å². The Morgan fingerprint density at radius 1 is 1.50 bits per heavy atom. The third kappa shape index (κ3) is 0.698. The number of nitrogens with zero attached hydrogens (tertiary/aromatic N) is 3. The molecule has 12 heavy (non-hydrogen) atoms. The van der Waals surface area contributed by atoms with E-state index in [1.807, 2.05) is 0 Å². The van der Waals surface area contributed by atoms with Gasteiger partial charge in [-0.1, -0.05) is 4.98 Å². The molecule has 0 spiro atoms. The van der Waals surface area contributed by atoms with Gasteiger partial charge < -0.3 is 16.5 Å². The first kappa shape index (κ1) is 6.77.